The van der Waals surface area contributed by atoms with Crippen LogP contribution in [0.4, 0.5) is 0 Å². The lowest BCUT2D eigenvalue weighted by Crippen LogP contribution is -2.05. The van der Waals surface area contributed by atoms with Gasteiger partial charge in [0.15, 0.2) is 0 Å². The van der Waals surface area contributed by atoms with Crippen LogP contribution in [0.2, 0.25) is 5.02 Å². The molecule has 2 aromatic rings. The van der Waals surface area contributed by atoms with Crippen molar-refractivity contribution in [2.75, 3.05) is 14.2 Å². The van der Waals surface area contributed by atoms with E-state index in [1.54, 1.807) is 19.2 Å². The summed E-state index contributed by atoms with van der Waals surface area (Å²) in [6.07, 6.45) is 0.149. The molecular weight excluding hydrogens is 254 g/mol. The average Bonchev–Trinajstić information content (AvgIpc) is 2.37. The molecule has 4 nitrogen and oxygen atoms in total. The Bertz CT molecular complexity index is 598. The van der Waals surface area contributed by atoms with Gasteiger partial charge in [-0.1, -0.05) is 17.7 Å². The average molecular weight is 266 g/mol. The van der Waals surface area contributed by atoms with E-state index >= 15 is 0 Å². The molecule has 5 heteroatoms. The van der Waals surface area contributed by atoms with E-state index in [4.69, 9.17) is 16.3 Å². The number of hydrogen-bond acceptors (Lipinski definition) is 4. The zero-order valence-electron chi connectivity index (χ0n) is 10.1. The highest BCUT2D eigenvalue weighted by molar-refractivity contribution is 6.32. The molecular formula is C13H12ClNO3. The third kappa shape index (κ3) is 2.54. The van der Waals surface area contributed by atoms with Crippen molar-refractivity contribution in [1.29, 1.82) is 0 Å². The van der Waals surface area contributed by atoms with Gasteiger partial charge in [-0.3, -0.25) is 9.78 Å². The van der Waals surface area contributed by atoms with Crippen molar-refractivity contribution in [2.24, 2.45) is 0 Å². The van der Waals surface area contributed by atoms with Crippen LogP contribution < -0.4 is 4.74 Å². The minimum absolute atomic E-state index is 0.149. The van der Waals surface area contributed by atoms with E-state index in [0.29, 0.717) is 16.5 Å². The summed E-state index contributed by atoms with van der Waals surface area (Å²) in [5, 5.41) is 1.40. The summed E-state index contributed by atoms with van der Waals surface area (Å²) in [5.41, 5.74) is 1.37. The smallest absolute Gasteiger partial charge is 0.311 e. The summed E-state index contributed by atoms with van der Waals surface area (Å²) in [6, 6.07) is 7.19. The van der Waals surface area contributed by atoms with Crippen molar-refractivity contribution in [3.63, 3.8) is 0 Å². The molecule has 0 saturated heterocycles. The van der Waals surface area contributed by atoms with Gasteiger partial charge < -0.3 is 9.47 Å². The number of nitrogens with zero attached hydrogens (tertiary/aromatic N) is 1. The van der Waals surface area contributed by atoms with Gasteiger partial charge in [-0.2, -0.15) is 0 Å². The number of ether oxygens (including phenoxy) is 2. The van der Waals surface area contributed by atoms with Crippen LogP contribution in [0.5, 0.6) is 5.75 Å². The van der Waals surface area contributed by atoms with Crippen LogP contribution in [-0.2, 0) is 16.0 Å². The number of rotatable bonds is 3. The number of benzene rings is 1. The Balaban J connectivity index is 2.42. The Morgan fingerprint density at radius 3 is 2.78 bits per heavy atom. The van der Waals surface area contributed by atoms with Crippen molar-refractivity contribution in [2.45, 2.75) is 6.42 Å². The van der Waals surface area contributed by atoms with Crippen molar-refractivity contribution in [3.8, 4) is 5.75 Å². The molecule has 0 atom stereocenters. The van der Waals surface area contributed by atoms with E-state index in [1.807, 2.05) is 12.1 Å². The molecule has 1 aromatic heterocycles. The van der Waals surface area contributed by atoms with Crippen LogP contribution in [0.25, 0.3) is 10.9 Å². The molecule has 0 unspecified atom stereocenters. The topological polar surface area (TPSA) is 48.4 Å². The predicted octanol–water partition coefficient (Wildman–Crippen LogP) is 2.61. The molecule has 0 amide bonds. The third-order valence-corrected chi connectivity index (χ3v) is 2.87. The van der Waals surface area contributed by atoms with Crippen LogP contribution in [0.15, 0.2) is 24.3 Å². The quantitative estimate of drug-likeness (QED) is 0.801. The van der Waals surface area contributed by atoms with Crippen LogP contribution >= 0.6 is 11.6 Å². The van der Waals surface area contributed by atoms with E-state index in [2.05, 4.69) is 9.72 Å². The summed E-state index contributed by atoms with van der Waals surface area (Å²) in [6.45, 7) is 0. The maximum Gasteiger partial charge on any atom is 0.311 e. The first kappa shape index (κ1) is 12.6. The number of aromatic nitrogens is 1. The van der Waals surface area contributed by atoms with Gasteiger partial charge in [0.2, 0.25) is 0 Å². The van der Waals surface area contributed by atoms with E-state index in [-0.39, 0.29) is 12.4 Å². The van der Waals surface area contributed by atoms with Gasteiger partial charge in [-0.05, 0) is 18.2 Å². The second-order valence-corrected chi connectivity index (χ2v) is 4.14. The maximum atomic E-state index is 11.2. The van der Waals surface area contributed by atoms with Gasteiger partial charge in [0.05, 0.1) is 36.9 Å². The minimum Gasteiger partial charge on any atom is -0.495 e. The fourth-order valence-corrected chi connectivity index (χ4v) is 1.88. The molecule has 94 valence electrons. The summed E-state index contributed by atoms with van der Waals surface area (Å²) >= 11 is 6.03. The van der Waals surface area contributed by atoms with E-state index < -0.39 is 0 Å². The lowest BCUT2D eigenvalue weighted by Gasteiger charge is -2.06. The van der Waals surface area contributed by atoms with Crippen LogP contribution in [0, 0.1) is 0 Å². The van der Waals surface area contributed by atoms with Gasteiger partial charge in [-0.15, -0.1) is 0 Å². The normalized spacial score (nSPS) is 10.4. The molecule has 0 aliphatic heterocycles. The zero-order chi connectivity index (χ0) is 13.1. The number of esters is 1. The second kappa shape index (κ2) is 5.23. The highest BCUT2D eigenvalue weighted by Gasteiger charge is 2.08. The predicted molar refractivity (Wildman–Crippen MR) is 69.0 cm³/mol. The lowest BCUT2D eigenvalue weighted by atomic mass is 10.1. The Hall–Kier alpha value is -1.81. The highest BCUT2D eigenvalue weighted by Crippen LogP contribution is 2.29. The highest BCUT2D eigenvalue weighted by atomic mass is 35.5. The van der Waals surface area contributed by atoms with Gasteiger partial charge in [0.25, 0.3) is 0 Å². The fourth-order valence-electron chi connectivity index (χ4n) is 1.64. The number of carbonyl (C=O) groups excluding carboxylic acids is 1. The van der Waals surface area contributed by atoms with Crippen molar-refractivity contribution < 1.29 is 14.3 Å². The Labute approximate surface area is 109 Å². The van der Waals surface area contributed by atoms with Crippen molar-refractivity contribution >= 4 is 28.5 Å². The van der Waals surface area contributed by atoms with Gasteiger partial charge >= 0.3 is 5.97 Å². The Morgan fingerprint density at radius 1 is 1.33 bits per heavy atom. The number of carbonyl (C=O) groups is 1. The molecule has 0 radical (unpaired) electrons. The summed E-state index contributed by atoms with van der Waals surface area (Å²) in [7, 11) is 2.91. The SMILES string of the molecule is COC(=O)Cc1ccc2cc(OC)c(Cl)cc2n1. The Kier molecular flexibility index (Phi) is 3.67. The first-order chi connectivity index (χ1) is 8.63. The molecule has 0 saturated carbocycles. The van der Waals surface area contributed by atoms with Crippen molar-refractivity contribution in [3.05, 3.63) is 35.0 Å². The fraction of sp³-hybridized carbons (Fsp3) is 0.231. The molecule has 18 heavy (non-hydrogen) atoms. The Morgan fingerprint density at radius 2 is 2.11 bits per heavy atom. The first-order valence-electron chi connectivity index (χ1n) is 5.34. The minimum atomic E-state index is -0.318. The largest absolute Gasteiger partial charge is 0.495 e. The third-order valence-electron chi connectivity index (χ3n) is 2.57. The second-order valence-electron chi connectivity index (χ2n) is 3.73. The maximum absolute atomic E-state index is 11.2. The van der Waals surface area contributed by atoms with Gasteiger partial charge in [0.1, 0.15) is 5.75 Å². The molecule has 0 N–H and O–H groups in total. The first-order valence-corrected chi connectivity index (χ1v) is 5.72. The molecule has 0 bridgehead atoms. The number of hydrogen-bond donors (Lipinski definition) is 0. The summed E-state index contributed by atoms with van der Waals surface area (Å²) in [5.74, 6) is 0.285. The van der Waals surface area contributed by atoms with E-state index in [0.717, 1.165) is 10.9 Å². The van der Waals surface area contributed by atoms with Crippen LogP contribution in [0.1, 0.15) is 5.69 Å². The lowest BCUT2D eigenvalue weighted by molar-refractivity contribution is -0.139. The molecule has 2 rings (SSSR count). The standard InChI is InChI=1S/C13H12ClNO3/c1-17-12-5-8-3-4-9(6-13(16)18-2)15-11(8)7-10(12)14/h3-5,7H,6H2,1-2H3. The molecule has 1 aromatic carbocycles. The number of methoxy groups -OCH3 is 2. The van der Waals surface area contributed by atoms with E-state index in [9.17, 15) is 4.79 Å². The van der Waals surface area contributed by atoms with Crippen LogP contribution in [-0.4, -0.2) is 25.2 Å². The van der Waals surface area contributed by atoms with Gasteiger partial charge in [-0.25, -0.2) is 0 Å². The number of pyridine rings is 1. The van der Waals surface area contributed by atoms with Crippen LogP contribution in [0.3, 0.4) is 0 Å². The van der Waals surface area contributed by atoms with E-state index in [1.165, 1.54) is 7.11 Å². The number of halogens is 1. The molecule has 1 heterocycles. The zero-order valence-corrected chi connectivity index (χ0v) is 10.8. The molecule has 0 fully saturated rings. The molecule has 0 aliphatic rings. The molecule has 0 aliphatic carbocycles. The monoisotopic (exact) mass is 265 g/mol. The molecule has 0 spiro atoms. The van der Waals surface area contributed by atoms with Gasteiger partial charge in [0, 0.05) is 5.39 Å². The number of fused-ring (bicyclic) bond motifs is 1. The summed E-state index contributed by atoms with van der Waals surface area (Å²) in [4.78, 5) is 15.5. The summed E-state index contributed by atoms with van der Waals surface area (Å²) < 4.78 is 9.73. The van der Waals surface area contributed by atoms with Crippen molar-refractivity contribution in [1.82, 2.24) is 4.98 Å².